The first-order valence-corrected chi connectivity index (χ1v) is 6.90. The smallest absolute Gasteiger partial charge is 0.340 e. The summed E-state index contributed by atoms with van der Waals surface area (Å²) in [5, 5.41) is 0.421. The lowest BCUT2D eigenvalue weighted by atomic mass is 9.95. The SMILES string of the molecule is COC1CCCC(OC(=O)c2cnc(Cl)c(Cl)c2)C1. The van der Waals surface area contributed by atoms with Crippen LogP contribution in [0, 0.1) is 0 Å². The average Bonchev–Trinajstić information content (AvgIpc) is 2.42. The van der Waals surface area contributed by atoms with E-state index in [1.165, 1.54) is 12.3 Å². The van der Waals surface area contributed by atoms with Crippen LogP contribution in [0.15, 0.2) is 12.3 Å². The summed E-state index contributed by atoms with van der Waals surface area (Å²) in [5.74, 6) is -0.423. The predicted molar refractivity (Wildman–Crippen MR) is 72.7 cm³/mol. The Morgan fingerprint density at radius 1 is 1.37 bits per heavy atom. The van der Waals surface area contributed by atoms with Crippen molar-refractivity contribution in [2.24, 2.45) is 0 Å². The van der Waals surface area contributed by atoms with Gasteiger partial charge in [-0.2, -0.15) is 0 Å². The van der Waals surface area contributed by atoms with Crippen LogP contribution >= 0.6 is 23.2 Å². The van der Waals surface area contributed by atoms with Gasteiger partial charge in [0.15, 0.2) is 0 Å². The number of hydrogen-bond acceptors (Lipinski definition) is 4. The van der Waals surface area contributed by atoms with Crippen molar-refractivity contribution in [1.82, 2.24) is 4.98 Å². The maximum Gasteiger partial charge on any atom is 0.340 e. The molecule has 1 saturated carbocycles. The zero-order valence-corrected chi connectivity index (χ0v) is 12.1. The van der Waals surface area contributed by atoms with Crippen molar-refractivity contribution in [1.29, 1.82) is 0 Å². The molecular formula is C13H15Cl2NO3. The van der Waals surface area contributed by atoms with Crippen LogP contribution in [0.1, 0.15) is 36.0 Å². The second kappa shape index (κ2) is 6.55. The molecule has 0 aromatic carbocycles. The van der Waals surface area contributed by atoms with Crippen LogP contribution in [-0.2, 0) is 9.47 Å². The Morgan fingerprint density at radius 3 is 2.79 bits per heavy atom. The molecule has 1 aromatic rings. The summed E-state index contributed by atoms with van der Waals surface area (Å²) >= 11 is 11.5. The molecule has 0 bridgehead atoms. The Morgan fingerprint density at radius 2 is 2.11 bits per heavy atom. The van der Waals surface area contributed by atoms with E-state index in [4.69, 9.17) is 32.7 Å². The standard InChI is InChI=1S/C13H15Cl2NO3/c1-18-9-3-2-4-10(6-9)19-13(17)8-5-11(14)12(15)16-7-8/h5,7,9-10H,2-4,6H2,1H3. The maximum absolute atomic E-state index is 12.0. The highest BCUT2D eigenvalue weighted by atomic mass is 35.5. The lowest BCUT2D eigenvalue weighted by Crippen LogP contribution is -2.29. The fourth-order valence-corrected chi connectivity index (χ4v) is 2.45. The molecule has 2 atom stereocenters. The highest BCUT2D eigenvalue weighted by Gasteiger charge is 2.25. The molecule has 0 radical (unpaired) electrons. The molecule has 0 spiro atoms. The van der Waals surface area contributed by atoms with Crippen LogP contribution < -0.4 is 0 Å². The molecular weight excluding hydrogens is 289 g/mol. The lowest BCUT2D eigenvalue weighted by molar-refractivity contribution is -0.0149. The molecule has 1 aliphatic carbocycles. The largest absolute Gasteiger partial charge is 0.459 e. The Labute approximate surface area is 122 Å². The average molecular weight is 304 g/mol. The summed E-state index contributed by atoms with van der Waals surface area (Å²) in [7, 11) is 1.68. The van der Waals surface area contributed by atoms with Gasteiger partial charge in [-0.15, -0.1) is 0 Å². The van der Waals surface area contributed by atoms with Crippen LogP contribution in [0.5, 0.6) is 0 Å². The Balaban J connectivity index is 1.98. The van der Waals surface area contributed by atoms with E-state index in [1.54, 1.807) is 7.11 Å². The van der Waals surface area contributed by atoms with Crippen molar-refractivity contribution in [3.8, 4) is 0 Å². The number of halogens is 2. The maximum atomic E-state index is 12.0. The Bertz CT molecular complexity index is 467. The van der Waals surface area contributed by atoms with Gasteiger partial charge >= 0.3 is 5.97 Å². The third-order valence-electron chi connectivity index (χ3n) is 3.22. The molecule has 1 aromatic heterocycles. The number of hydrogen-bond donors (Lipinski definition) is 0. The van der Waals surface area contributed by atoms with Crippen molar-refractivity contribution in [2.75, 3.05) is 7.11 Å². The number of aromatic nitrogens is 1. The van der Waals surface area contributed by atoms with Gasteiger partial charge in [0.1, 0.15) is 11.3 Å². The van der Waals surface area contributed by atoms with Crippen LogP contribution in [0.3, 0.4) is 0 Å². The second-order valence-corrected chi connectivity index (χ2v) is 5.31. The molecule has 4 nitrogen and oxygen atoms in total. The monoisotopic (exact) mass is 303 g/mol. The topological polar surface area (TPSA) is 48.4 Å². The number of methoxy groups -OCH3 is 1. The van der Waals surface area contributed by atoms with Crippen molar-refractivity contribution >= 4 is 29.2 Å². The van der Waals surface area contributed by atoms with Gasteiger partial charge in [0, 0.05) is 19.7 Å². The zero-order valence-electron chi connectivity index (χ0n) is 10.6. The first-order valence-electron chi connectivity index (χ1n) is 6.15. The molecule has 0 aliphatic heterocycles. The van der Waals surface area contributed by atoms with E-state index in [9.17, 15) is 4.79 Å². The molecule has 2 unspecified atom stereocenters. The molecule has 6 heteroatoms. The Hall–Kier alpha value is -0.840. The van der Waals surface area contributed by atoms with Crippen molar-refractivity contribution in [3.63, 3.8) is 0 Å². The predicted octanol–water partition coefficient (Wildman–Crippen LogP) is 3.50. The molecule has 1 heterocycles. The summed E-state index contributed by atoms with van der Waals surface area (Å²) < 4.78 is 10.7. The van der Waals surface area contributed by atoms with E-state index in [0.717, 1.165) is 25.7 Å². The van der Waals surface area contributed by atoms with Gasteiger partial charge in [-0.05, 0) is 25.3 Å². The number of pyridine rings is 1. The number of rotatable bonds is 3. The van der Waals surface area contributed by atoms with Crippen molar-refractivity contribution in [2.45, 2.75) is 37.9 Å². The summed E-state index contributed by atoms with van der Waals surface area (Å²) in [5.41, 5.74) is 0.314. The molecule has 0 saturated heterocycles. The second-order valence-electron chi connectivity index (χ2n) is 4.55. The van der Waals surface area contributed by atoms with Gasteiger partial charge in [0.05, 0.1) is 16.7 Å². The molecule has 1 fully saturated rings. The van der Waals surface area contributed by atoms with E-state index in [-0.39, 0.29) is 22.4 Å². The quantitative estimate of drug-likeness (QED) is 0.633. The van der Waals surface area contributed by atoms with Gasteiger partial charge < -0.3 is 9.47 Å². The Kier molecular flexibility index (Phi) is 5.02. The summed E-state index contributed by atoms with van der Waals surface area (Å²) in [6.07, 6.45) is 5.03. The molecule has 0 N–H and O–H groups in total. The number of esters is 1. The molecule has 2 rings (SSSR count). The van der Waals surface area contributed by atoms with E-state index < -0.39 is 5.97 Å². The summed E-state index contributed by atoms with van der Waals surface area (Å²) in [6.45, 7) is 0. The lowest BCUT2D eigenvalue weighted by Gasteiger charge is -2.27. The van der Waals surface area contributed by atoms with E-state index in [1.807, 2.05) is 0 Å². The first-order chi connectivity index (χ1) is 9.10. The van der Waals surface area contributed by atoms with Crippen molar-refractivity contribution < 1.29 is 14.3 Å². The summed E-state index contributed by atoms with van der Waals surface area (Å²) in [6, 6.07) is 1.47. The van der Waals surface area contributed by atoms with Gasteiger partial charge in [-0.1, -0.05) is 23.2 Å². The fourth-order valence-electron chi connectivity index (χ4n) is 2.18. The number of nitrogens with zero attached hydrogens (tertiary/aromatic N) is 1. The number of carbonyl (C=O) groups is 1. The zero-order chi connectivity index (χ0) is 13.8. The van der Waals surface area contributed by atoms with Crippen LogP contribution in [-0.4, -0.2) is 30.3 Å². The number of ether oxygens (including phenoxy) is 2. The molecule has 19 heavy (non-hydrogen) atoms. The van der Waals surface area contributed by atoms with E-state index >= 15 is 0 Å². The highest BCUT2D eigenvalue weighted by Crippen LogP contribution is 2.25. The van der Waals surface area contributed by atoms with Crippen LogP contribution in [0.4, 0.5) is 0 Å². The first kappa shape index (κ1) is 14.6. The van der Waals surface area contributed by atoms with Crippen LogP contribution in [0.2, 0.25) is 10.2 Å². The fraction of sp³-hybridized carbons (Fsp3) is 0.538. The highest BCUT2D eigenvalue weighted by molar-refractivity contribution is 6.41. The van der Waals surface area contributed by atoms with E-state index in [2.05, 4.69) is 4.98 Å². The minimum absolute atomic E-state index is 0.111. The molecule has 0 amide bonds. The minimum atomic E-state index is -0.423. The summed E-state index contributed by atoms with van der Waals surface area (Å²) in [4.78, 5) is 15.8. The third-order valence-corrected chi connectivity index (χ3v) is 3.90. The van der Waals surface area contributed by atoms with Crippen LogP contribution in [0.25, 0.3) is 0 Å². The van der Waals surface area contributed by atoms with Gasteiger partial charge in [-0.3, -0.25) is 0 Å². The minimum Gasteiger partial charge on any atom is -0.459 e. The van der Waals surface area contributed by atoms with Gasteiger partial charge in [-0.25, -0.2) is 9.78 Å². The molecule has 104 valence electrons. The van der Waals surface area contributed by atoms with E-state index in [0.29, 0.717) is 5.56 Å². The third kappa shape index (κ3) is 3.81. The van der Waals surface area contributed by atoms with Gasteiger partial charge in [0.25, 0.3) is 0 Å². The van der Waals surface area contributed by atoms with Crippen molar-refractivity contribution in [3.05, 3.63) is 28.0 Å². The molecule has 1 aliphatic rings. The normalized spacial score (nSPS) is 23.1. The van der Waals surface area contributed by atoms with Gasteiger partial charge in [0.2, 0.25) is 0 Å². The number of carbonyl (C=O) groups excluding carboxylic acids is 1.